The fraction of sp³-hybridized carbons (Fsp3) is 0. The van der Waals surface area contributed by atoms with E-state index < -0.39 is 0 Å². The van der Waals surface area contributed by atoms with E-state index in [1.54, 1.807) is 48.7 Å². The van der Waals surface area contributed by atoms with Gasteiger partial charge in [0.05, 0.1) is 11.6 Å². The number of nitriles is 2. The summed E-state index contributed by atoms with van der Waals surface area (Å²) in [5.41, 5.74) is 2.38. The van der Waals surface area contributed by atoms with E-state index in [0.717, 1.165) is 5.52 Å². The monoisotopic (exact) mass is 331 g/mol. The Morgan fingerprint density at radius 3 is 2.54 bits per heavy atom. The minimum Gasteiger partial charge on any atom is -0.360 e. The van der Waals surface area contributed by atoms with Crippen LogP contribution in [-0.2, 0) is 0 Å². The fourth-order valence-corrected chi connectivity index (χ4v) is 2.57. The number of H-pyrrole nitrogens is 1. The molecule has 0 aliphatic heterocycles. The molecule has 5 heteroatoms. The third-order valence-corrected chi connectivity index (χ3v) is 3.84. The molecule has 0 aliphatic rings. The summed E-state index contributed by atoms with van der Waals surface area (Å²) in [4.78, 5) is 15.7. The average Bonchev–Trinajstić information content (AvgIpc) is 3.02. The van der Waals surface area contributed by atoms with Crippen molar-refractivity contribution >= 4 is 34.4 Å². The van der Waals surface area contributed by atoms with Crippen LogP contribution in [0.4, 0.5) is 0 Å². The number of hydrogen-bond acceptors (Lipinski definition) is 3. The summed E-state index contributed by atoms with van der Waals surface area (Å²) in [5.74, 6) is -0.365. The normalized spacial score (nSPS) is 11.0. The number of carbonyl (C=O) groups excluding carboxylic acids is 1. The van der Waals surface area contributed by atoms with Gasteiger partial charge in [-0.1, -0.05) is 29.8 Å². The largest absolute Gasteiger partial charge is 0.360 e. The van der Waals surface area contributed by atoms with Crippen LogP contribution in [0.15, 0.2) is 54.2 Å². The molecule has 0 radical (unpaired) electrons. The molecule has 0 unspecified atom stereocenters. The fourth-order valence-electron chi connectivity index (χ4n) is 2.40. The van der Waals surface area contributed by atoms with E-state index in [-0.39, 0.29) is 11.4 Å². The number of hydrogen-bond donors (Lipinski definition) is 1. The molecule has 1 aromatic heterocycles. The number of Topliss-reactive ketones (excluding diaryl/α,β-unsaturated/α-hetero) is 1. The summed E-state index contributed by atoms with van der Waals surface area (Å²) in [6.45, 7) is 0. The molecule has 24 heavy (non-hydrogen) atoms. The third kappa shape index (κ3) is 2.92. The van der Waals surface area contributed by atoms with E-state index in [4.69, 9.17) is 16.9 Å². The molecule has 0 saturated heterocycles. The maximum Gasteiger partial charge on any atom is 0.205 e. The molecule has 0 saturated carbocycles. The zero-order valence-electron chi connectivity index (χ0n) is 12.4. The van der Waals surface area contributed by atoms with Gasteiger partial charge in [-0.15, -0.1) is 0 Å². The predicted octanol–water partition coefficient (Wildman–Crippen LogP) is 4.48. The highest BCUT2D eigenvalue weighted by molar-refractivity contribution is 6.31. The van der Waals surface area contributed by atoms with Crippen molar-refractivity contribution in [3.8, 4) is 12.1 Å². The van der Waals surface area contributed by atoms with Gasteiger partial charge in [0.15, 0.2) is 0 Å². The van der Waals surface area contributed by atoms with Crippen LogP contribution in [-0.4, -0.2) is 10.8 Å². The number of nitrogens with one attached hydrogen (secondary N) is 1. The van der Waals surface area contributed by atoms with Crippen molar-refractivity contribution < 1.29 is 4.79 Å². The van der Waals surface area contributed by atoms with Gasteiger partial charge in [-0.05, 0) is 35.9 Å². The SMILES string of the molecule is N#C/C(=C\c1ccc(C#N)cc1)C(=O)c1c[nH]c2cc(Cl)ccc12. The highest BCUT2D eigenvalue weighted by atomic mass is 35.5. The molecular formula is C19H10ClN3O. The Labute approximate surface area is 143 Å². The summed E-state index contributed by atoms with van der Waals surface area (Å²) in [6.07, 6.45) is 3.09. The zero-order chi connectivity index (χ0) is 17.1. The van der Waals surface area contributed by atoms with Crippen LogP contribution in [0, 0.1) is 22.7 Å². The molecule has 0 atom stereocenters. The van der Waals surface area contributed by atoms with Gasteiger partial charge < -0.3 is 4.98 Å². The minimum absolute atomic E-state index is 0.0237. The van der Waals surface area contributed by atoms with Crippen molar-refractivity contribution in [2.45, 2.75) is 0 Å². The number of halogens is 1. The molecule has 0 fully saturated rings. The molecule has 3 rings (SSSR count). The first-order chi connectivity index (χ1) is 11.6. The van der Waals surface area contributed by atoms with Gasteiger partial charge >= 0.3 is 0 Å². The summed E-state index contributed by atoms with van der Waals surface area (Å²) >= 11 is 5.94. The maximum atomic E-state index is 12.7. The number of ketones is 1. The predicted molar refractivity (Wildman–Crippen MR) is 92.4 cm³/mol. The number of benzene rings is 2. The van der Waals surface area contributed by atoms with E-state index in [1.165, 1.54) is 6.08 Å². The minimum atomic E-state index is -0.365. The Hall–Kier alpha value is -3.34. The van der Waals surface area contributed by atoms with Crippen LogP contribution in [0.1, 0.15) is 21.5 Å². The van der Waals surface area contributed by atoms with Gasteiger partial charge in [0.1, 0.15) is 11.6 Å². The Kier molecular flexibility index (Phi) is 4.16. The lowest BCUT2D eigenvalue weighted by Gasteiger charge is -1.99. The lowest BCUT2D eigenvalue weighted by Crippen LogP contribution is -2.01. The zero-order valence-corrected chi connectivity index (χ0v) is 13.1. The summed E-state index contributed by atoms with van der Waals surface area (Å²) in [6, 6.07) is 15.8. The van der Waals surface area contributed by atoms with Crippen LogP contribution in [0.5, 0.6) is 0 Å². The second kappa shape index (κ2) is 6.42. The lowest BCUT2D eigenvalue weighted by molar-refractivity contribution is 0.104. The molecule has 0 spiro atoms. The molecule has 0 amide bonds. The van der Waals surface area contributed by atoms with Crippen molar-refractivity contribution in [3.63, 3.8) is 0 Å². The topological polar surface area (TPSA) is 80.4 Å². The molecular weight excluding hydrogens is 322 g/mol. The second-order valence-corrected chi connectivity index (χ2v) is 5.56. The Morgan fingerprint density at radius 1 is 1.12 bits per heavy atom. The summed E-state index contributed by atoms with van der Waals surface area (Å²) in [7, 11) is 0. The van der Waals surface area contributed by atoms with E-state index in [0.29, 0.717) is 27.1 Å². The Balaban J connectivity index is 2.00. The molecule has 114 valence electrons. The van der Waals surface area contributed by atoms with Gasteiger partial charge in [0.2, 0.25) is 5.78 Å². The lowest BCUT2D eigenvalue weighted by atomic mass is 10.0. The molecule has 0 bridgehead atoms. The van der Waals surface area contributed by atoms with Crippen molar-refractivity contribution in [2.24, 2.45) is 0 Å². The van der Waals surface area contributed by atoms with Crippen LogP contribution in [0.2, 0.25) is 5.02 Å². The van der Waals surface area contributed by atoms with E-state index >= 15 is 0 Å². The van der Waals surface area contributed by atoms with E-state index in [2.05, 4.69) is 4.98 Å². The van der Waals surface area contributed by atoms with Crippen molar-refractivity contribution in [2.75, 3.05) is 0 Å². The third-order valence-electron chi connectivity index (χ3n) is 3.60. The number of allylic oxidation sites excluding steroid dienone is 1. The number of fused-ring (bicyclic) bond motifs is 1. The number of carbonyl (C=O) groups is 1. The molecule has 2 aromatic carbocycles. The van der Waals surface area contributed by atoms with Crippen LogP contribution >= 0.6 is 11.6 Å². The Bertz CT molecular complexity index is 1050. The number of aromatic nitrogens is 1. The van der Waals surface area contributed by atoms with Gasteiger partial charge in [0.25, 0.3) is 0 Å². The van der Waals surface area contributed by atoms with Crippen LogP contribution < -0.4 is 0 Å². The second-order valence-electron chi connectivity index (χ2n) is 5.13. The van der Waals surface area contributed by atoms with Crippen LogP contribution in [0.3, 0.4) is 0 Å². The number of rotatable bonds is 3. The van der Waals surface area contributed by atoms with Crippen molar-refractivity contribution in [3.05, 3.63) is 75.9 Å². The van der Waals surface area contributed by atoms with Gasteiger partial charge in [-0.25, -0.2) is 0 Å². The van der Waals surface area contributed by atoms with Crippen LogP contribution in [0.25, 0.3) is 17.0 Å². The van der Waals surface area contributed by atoms with Gasteiger partial charge in [-0.3, -0.25) is 4.79 Å². The molecule has 3 aromatic rings. The van der Waals surface area contributed by atoms with E-state index in [1.807, 2.05) is 12.1 Å². The first kappa shape index (κ1) is 15.6. The molecule has 1 heterocycles. The maximum absolute atomic E-state index is 12.7. The number of nitrogens with zero attached hydrogens (tertiary/aromatic N) is 2. The molecule has 0 aliphatic carbocycles. The van der Waals surface area contributed by atoms with Gasteiger partial charge in [-0.2, -0.15) is 10.5 Å². The van der Waals surface area contributed by atoms with E-state index in [9.17, 15) is 10.1 Å². The first-order valence-corrected chi connectivity index (χ1v) is 7.43. The first-order valence-electron chi connectivity index (χ1n) is 7.05. The summed E-state index contributed by atoms with van der Waals surface area (Å²) in [5, 5.41) is 19.4. The smallest absolute Gasteiger partial charge is 0.205 e. The summed E-state index contributed by atoms with van der Waals surface area (Å²) < 4.78 is 0. The van der Waals surface area contributed by atoms with Crippen molar-refractivity contribution in [1.82, 2.24) is 4.98 Å². The average molecular weight is 332 g/mol. The number of aromatic amines is 1. The van der Waals surface area contributed by atoms with Crippen molar-refractivity contribution in [1.29, 1.82) is 10.5 Å². The quantitative estimate of drug-likeness (QED) is 0.436. The standard InChI is InChI=1S/C19H10ClN3O/c20-15-5-6-16-17(11-23-18(16)8-15)19(24)14(10-22)7-12-1-3-13(9-21)4-2-12/h1-8,11,23H/b14-7+. The highest BCUT2D eigenvalue weighted by Gasteiger charge is 2.16. The molecule has 1 N–H and O–H groups in total. The highest BCUT2D eigenvalue weighted by Crippen LogP contribution is 2.24. The van der Waals surface area contributed by atoms with Gasteiger partial charge in [0, 0.05) is 27.7 Å². The molecule has 4 nitrogen and oxygen atoms in total. The Morgan fingerprint density at radius 2 is 1.88 bits per heavy atom.